The predicted octanol–water partition coefficient (Wildman–Crippen LogP) is -2.10. The number of carboxylic acids is 2. The standard InChI is InChI=1S/C21H24N2O12S2/c1-21(2)13(18(31)32)23-15(28)8(16(23)37-21)22-14(27)7(6-3-4-36-5-6)19(33)35-20-11(26)9(24)10(25)12(34-20)17(29)30/h3-5,7-13,16,20,24-26H,1-2H3,(H,22,27)(H,29,30)(H,31,32)/t7-,8-,9?,10?,11?,12?,13+,16-,20?/m1/s1. The van der Waals surface area contributed by atoms with Crippen LogP contribution in [0.1, 0.15) is 25.3 Å². The maximum absolute atomic E-state index is 13.2. The van der Waals surface area contributed by atoms with Gasteiger partial charge in [0.25, 0.3) is 0 Å². The number of rotatable bonds is 7. The number of carbonyl (C=O) groups is 5. The third-order valence-corrected chi connectivity index (χ3v) is 8.67. The lowest BCUT2D eigenvalue weighted by molar-refractivity contribution is -0.286. The van der Waals surface area contributed by atoms with Gasteiger partial charge in [0.05, 0.1) is 0 Å². The number of nitrogens with one attached hydrogen (secondary N) is 1. The van der Waals surface area contributed by atoms with Gasteiger partial charge in [-0.05, 0) is 36.2 Å². The van der Waals surface area contributed by atoms with Crippen LogP contribution in [0.2, 0.25) is 0 Å². The molecule has 0 aromatic carbocycles. The number of aliphatic hydroxyl groups is 3. The first-order valence-electron chi connectivity index (χ1n) is 10.9. The molecule has 3 aliphatic rings. The van der Waals surface area contributed by atoms with Gasteiger partial charge in [-0.25, -0.2) is 9.59 Å². The molecule has 0 aliphatic carbocycles. The summed E-state index contributed by atoms with van der Waals surface area (Å²) in [6.07, 6.45) is -10.1. The van der Waals surface area contributed by atoms with Crippen LogP contribution in [0.5, 0.6) is 0 Å². The summed E-state index contributed by atoms with van der Waals surface area (Å²) in [5.74, 6) is -7.41. The molecule has 9 atom stereocenters. The lowest BCUT2D eigenvalue weighted by atomic mass is 9.95. The first kappa shape index (κ1) is 27.3. The molecule has 0 saturated carbocycles. The number of fused-ring (bicyclic) bond motifs is 1. The van der Waals surface area contributed by atoms with Gasteiger partial charge in [0.2, 0.25) is 18.1 Å². The van der Waals surface area contributed by atoms with Crippen molar-refractivity contribution >= 4 is 52.8 Å². The van der Waals surface area contributed by atoms with E-state index in [2.05, 4.69) is 5.32 Å². The molecule has 2 amide bonds. The fourth-order valence-corrected chi connectivity index (χ4v) is 6.86. The fraction of sp³-hybridized carbons (Fsp3) is 0.571. The smallest absolute Gasteiger partial charge is 0.335 e. The monoisotopic (exact) mass is 560 g/mol. The molecule has 3 saturated heterocycles. The minimum Gasteiger partial charge on any atom is -0.480 e. The zero-order valence-corrected chi connectivity index (χ0v) is 20.9. The molecule has 6 N–H and O–H groups in total. The Morgan fingerprint density at radius 2 is 1.78 bits per heavy atom. The molecular formula is C21H24N2O12S2. The van der Waals surface area contributed by atoms with Gasteiger partial charge in [0, 0.05) is 4.75 Å². The summed E-state index contributed by atoms with van der Waals surface area (Å²) in [5.41, 5.74) is 0.166. The van der Waals surface area contributed by atoms with E-state index >= 15 is 0 Å². The van der Waals surface area contributed by atoms with Crippen molar-refractivity contribution in [2.45, 2.75) is 72.7 Å². The van der Waals surface area contributed by atoms with Gasteiger partial charge in [-0.15, -0.1) is 11.8 Å². The summed E-state index contributed by atoms with van der Waals surface area (Å²) in [7, 11) is 0. The van der Waals surface area contributed by atoms with Crippen molar-refractivity contribution in [3.63, 3.8) is 0 Å². The zero-order valence-electron chi connectivity index (χ0n) is 19.3. The molecule has 4 rings (SSSR count). The van der Waals surface area contributed by atoms with E-state index < -0.39 is 88.6 Å². The van der Waals surface area contributed by atoms with Gasteiger partial charge in [0.1, 0.15) is 35.8 Å². The molecule has 1 aromatic rings. The third-order valence-electron chi connectivity index (χ3n) is 6.39. The Morgan fingerprint density at radius 3 is 2.35 bits per heavy atom. The number of hydrogen-bond acceptors (Lipinski definition) is 12. The fourth-order valence-electron chi connectivity index (χ4n) is 4.55. The molecule has 3 aliphatic heterocycles. The number of thiophene rings is 1. The molecule has 16 heteroatoms. The number of ether oxygens (including phenoxy) is 2. The van der Waals surface area contributed by atoms with Crippen LogP contribution in [0.25, 0.3) is 0 Å². The Morgan fingerprint density at radius 1 is 1.11 bits per heavy atom. The second-order valence-corrected chi connectivity index (χ2v) is 11.8. The number of nitrogens with zero attached hydrogens (tertiary/aromatic N) is 1. The first-order valence-corrected chi connectivity index (χ1v) is 12.8. The van der Waals surface area contributed by atoms with Crippen LogP contribution < -0.4 is 5.32 Å². The Balaban J connectivity index is 1.51. The van der Waals surface area contributed by atoms with Crippen LogP contribution in [-0.2, 0) is 33.4 Å². The van der Waals surface area contributed by atoms with Crippen molar-refractivity contribution in [2.75, 3.05) is 0 Å². The number of β-lactam (4-membered cyclic amide) rings is 1. The molecule has 1 aromatic heterocycles. The maximum atomic E-state index is 13.2. The van der Waals surface area contributed by atoms with Gasteiger partial charge in [-0.2, -0.15) is 11.3 Å². The largest absolute Gasteiger partial charge is 0.480 e. The highest BCUT2D eigenvalue weighted by Gasteiger charge is 2.64. The Kier molecular flexibility index (Phi) is 7.26. The van der Waals surface area contributed by atoms with Crippen LogP contribution in [-0.4, -0.2) is 113 Å². The molecule has 14 nitrogen and oxygen atoms in total. The van der Waals surface area contributed by atoms with Crippen LogP contribution >= 0.6 is 23.1 Å². The lowest BCUT2D eigenvalue weighted by Crippen LogP contribution is -2.71. The minimum atomic E-state index is -2.02. The number of esters is 1. The summed E-state index contributed by atoms with van der Waals surface area (Å²) >= 11 is 2.34. The van der Waals surface area contributed by atoms with E-state index in [1.807, 2.05) is 0 Å². The number of aliphatic hydroxyl groups excluding tert-OH is 3. The highest BCUT2D eigenvalue weighted by molar-refractivity contribution is 8.01. The average molecular weight is 561 g/mol. The normalized spacial score (nSPS) is 35.2. The molecule has 3 fully saturated rings. The summed E-state index contributed by atoms with van der Waals surface area (Å²) in [5, 5.41) is 53.5. The topological polar surface area (TPSA) is 220 Å². The van der Waals surface area contributed by atoms with Gasteiger partial charge >= 0.3 is 17.9 Å². The van der Waals surface area contributed by atoms with Gasteiger partial charge < -0.3 is 45.2 Å². The van der Waals surface area contributed by atoms with Crippen molar-refractivity contribution < 1.29 is 59.0 Å². The summed E-state index contributed by atoms with van der Waals surface area (Å²) in [6, 6.07) is -0.773. The number of aliphatic carboxylic acids is 2. The molecular weight excluding hydrogens is 536 g/mol. The second-order valence-electron chi connectivity index (χ2n) is 9.25. The number of carboxylic acid groups (broad SMARTS) is 2. The zero-order chi connectivity index (χ0) is 27.4. The van der Waals surface area contributed by atoms with E-state index in [0.717, 1.165) is 11.3 Å². The number of amides is 2. The maximum Gasteiger partial charge on any atom is 0.335 e. The quantitative estimate of drug-likeness (QED) is 0.120. The second kappa shape index (κ2) is 9.85. The number of carbonyl (C=O) groups excluding carboxylic acids is 3. The van der Waals surface area contributed by atoms with Crippen molar-refractivity contribution in [2.24, 2.45) is 0 Å². The molecule has 0 spiro atoms. The molecule has 0 bridgehead atoms. The molecule has 4 heterocycles. The molecule has 37 heavy (non-hydrogen) atoms. The Bertz CT molecular complexity index is 1110. The van der Waals surface area contributed by atoms with E-state index in [9.17, 15) is 49.5 Å². The average Bonchev–Trinajstić information content (AvgIpc) is 3.42. The van der Waals surface area contributed by atoms with E-state index in [4.69, 9.17) is 9.47 Å². The number of hydrogen-bond donors (Lipinski definition) is 6. The lowest BCUT2D eigenvalue weighted by Gasteiger charge is -2.44. The van der Waals surface area contributed by atoms with Crippen LogP contribution in [0.3, 0.4) is 0 Å². The molecule has 0 radical (unpaired) electrons. The summed E-state index contributed by atoms with van der Waals surface area (Å²) < 4.78 is 9.18. The first-order chi connectivity index (χ1) is 17.3. The SMILES string of the molecule is CC1(C)S[C@@H]2[C@H](NC(=O)[C@H](C(=O)OC3OC(C(=O)O)C(O)C(O)C3O)c3ccsc3)C(=O)N2[C@H]1C(=O)O. The Labute approximate surface area is 217 Å². The van der Waals surface area contributed by atoms with Gasteiger partial charge in [0.15, 0.2) is 12.0 Å². The van der Waals surface area contributed by atoms with Crippen LogP contribution in [0.4, 0.5) is 0 Å². The Hall–Kier alpha value is -2.76. The predicted molar refractivity (Wildman–Crippen MR) is 123 cm³/mol. The van der Waals surface area contributed by atoms with Gasteiger partial charge in [-0.1, -0.05) is 0 Å². The summed E-state index contributed by atoms with van der Waals surface area (Å²) in [4.78, 5) is 63.2. The van der Waals surface area contributed by atoms with Gasteiger partial charge in [-0.3, -0.25) is 14.4 Å². The highest BCUT2D eigenvalue weighted by Crippen LogP contribution is 2.50. The van der Waals surface area contributed by atoms with Crippen LogP contribution in [0.15, 0.2) is 16.8 Å². The van der Waals surface area contributed by atoms with E-state index in [1.165, 1.54) is 28.1 Å². The molecule has 5 unspecified atom stereocenters. The van der Waals surface area contributed by atoms with E-state index in [1.54, 1.807) is 19.2 Å². The van der Waals surface area contributed by atoms with Crippen LogP contribution in [0, 0.1) is 0 Å². The minimum absolute atomic E-state index is 0.166. The molecule has 202 valence electrons. The van der Waals surface area contributed by atoms with E-state index in [0.29, 0.717) is 0 Å². The van der Waals surface area contributed by atoms with Crippen molar-refractivity contribution in [3.8, 4) is 0 Å². The highest BCUT2D eigenvalue weighted by atomic mass is 32.2. The summed E-state index contributed by atoms with van der Waals surface area (Å²) in [6.45, 7) is 3.33. The third kappa shape index (κ3) is 4.68. The van der Waals surface area contributed by atoms with Crippen molar-refractivity contribution in [3.05, 3.63) is 22.4 Å². The van der Waals surface area contributed by atoms with Crippen molar-refractivity contribution in [1.82, 2.24) is 10.2 Å². The number of thioether (sulfide) groups is 1. The van der Waals surface area contributed by atoms with E-state index in [-0.39, 0.29) is 5.56 Å². The van der Waals surface area contributed by atoms with Crippen molar-refractivity contribution in [1.29, 1.82) is 0 Å².